The Morgan fingerprint density at radius 2 is 0.500 bits per heavy atom. The van der Waals surface area contributed by atoms with Crippen LogP contribution in [0.2, 0.25) is 0 Å². The molecule has 0 saturated carbocycles. The van der Waals surface area contributed by atoms with Gasteiger partial charge in [-0.05, 0) is 49.4 Å². The third-order valence-electron chi connectivity index (χ3n) is 18.2. The van der Waals surface area contributed by atoms with Crippen molar-refractivity contribution in [1.82, 2.24) is 0 Å². The van der Waals surface area contributed by atoms with Crippen LogP contribution in [0.3, 0.4) is 0 Å². The maximum Gasteiger partial charge on any atom is 0.472 e. The third-order valence-corrected chi connectivity index (χ3v) is 20.1. The maximum absolute atomic E-state index is 13.1. The van der Waals surface area contributed by atoms with Gasteiger partial charge in [-0.15, -0.1) is 0 Å². The zero-order valence-corrected chi connectivity index (χ0v) is 64.8. The van der Waals surface area contributed by atoms with Crippen LogP contribution >= 0.6 is 15.6 Å². The van der Waals surface area contributed by atoms with Crippen molar-refractivity contribution in [2.24, 2.45) is 23.7 Å². The molecule has 0 amide bonds. The van der Waals surface area contributed by atoms with Crippen molar-refractivity contribution in [3.8, 4) is 0 Å². The second-order valence-electron chi connectivity index (χ2n) is 29.4. The number of hydrogen-bond acceptors (Lipinski definition) is 15. The molecule has 4 unspecified atom stereocenters. The Bertz CT molecular complexity index is 1890. The van der Waals surface area contributed by atoms with Crippen LogP contribution in [0.15, 0.2) is 0 Å². The minimum Gasteiger partial charge on any atom is -0.462 e. The molecule has 0 radical (unpaired) electrons. The average Bonchev–Trinajstić information content (AvgIpc) is 1.08. The number of phosphoric ester groups is 2. The summed E-state index contributed by atoms with van der Waals surface area (Å²) in [6.45, 7) is 14.2. The molecule has 0 heterocycles. The van der Waals surface area contributed by atoms with Crippen molar-refractivity contribution in [3.63, 3.8) is 0 Å². The number of carbonyl (C=O) groups is 4. The molecule has 0 bridgehead atoms. The lowest BCUT2D eigenvalue weighted by atomic mass is 9.99. The molecule has 3 N–H and O–H groups in total. The maximum atomic E-state index is 13.1. The molecule has 19 heteroatoms. The van der Waals surface area contributed by atoms with E-state index in [0.717, 1.165) is 108 Å². The minimum absolute atomic E-state index is 0.103. The number of rotatable bonds is 74. The highest BCUT2D eigenvalue weighted by atomic mass is 31.2. The lowest BCUT2D eigenvalue weighted by molar-refractivity contribution is -0.161. The molecular formula is C77H150O17P2. The van der Waals surface area contributed by atoms with Gasteiger partial charge in [0, 0.05) is 25.7 Å². The van der Waals surface area contributed by atoms with Gasteiger partial charge in [0.25, 0.3) is 0 Å². The first kappa shape index (κ1) is 94.1. The number of aliphatic hydroxyl groups excluding tert-OH is 1. The van der Waals surface area contributed by atoms with Gasteiger partial charge in [-0.2, -0.15) is 0 Å². The molecule has 0 spiro atoms. The Labute approximate surface area is 588 Å². The second kappa shape index (κ2) is 66.3. The molecule has 6 atom stereocenters. The normalized spacial score (nSPS) is 14.4. The molecule has 570 valence electrons. The van der Waals surface area contributed by atoms with Gasteiger partial charge >= 0.3 is 39.5 Å². The smallest absolute Gasteiger partial charge is 0.462 e. The van der Waals surface area contributed by atoms with Crippen LogP contribution in [0.25, 0.3) is 0 Å². The Balaban J connectivity index is 5.19. The Morgan fingerprint density at radius 3 is 0.740 bits per heavy atom. The van der Waals surface area contributed by atoms with Gasteiger partial charge in [-0.3, -0.25) is 37.3 Å². The standard InChI is InChI=1S/C77H150O17P2/c1-9-70(8)56-48-40-32-23-20-21-25-35-43-51-59-76(81)93-72(63-87-74(79)57-49-41-33-24-19-17-15-13-11-10-12-14-16-18-22-29-37-45-53-67(2)3)65-91-95(83,84)89-61-71(78)62-90-96(85,86)92-66-73(94-77(82)60-52-44-36-28-31-39-47-55-69(6)7)64-88-75(80)58-50-42-34-27-26-30-38-46-54-68(4)5/h67-73,78H,9-66H2,1-8H3,(H,83,84)(H,85,86)/t70?,71?,72-,73-/m1/s1. The van der Waals surface area contributed by atoms with Crippen LogP contribution in [0.1, 0.15) is 389 Å². The zero-order chi connectivity index (χ0) is 71.0. The van der Waals surface area contributed by atoms with Gasteiger partial charge in [0.15, 0.2) is 12.2 Å². The van der Waals surface area contributed by atoms with Crippen LogP contribution < -0.4 is 0 Å². The Hall–Kier alpha value is -1.94. The largest absolute Gasteiger partial charge is 0.472 e. The lowest BCUT2D eigenvalue weighted by Gasteiger charge is -2.21. The fraction of sp³-hybridized carbons (Fsp3) is 0.948. The predicted molar refractivity (Wildman–Crippen MR) is 391 cm³/mol. The zero-order valence-electron chi connectivity index (χ0n) is 63.0. The van der Waals surface area contributed by atoms with E-state index in [-0.39, 0.29) is 25.7 Å². The number of phosphoric acid groups is 2. The van der Waals surface area contributed by atoms with Gasteiger partial charge in [0.05, 0.1) is 26.4 Å². The molecule has 0 aromatic rings. The fourth-order valence-corrected chi connectivity index (χ4v) is 13.3. The molecule has 0 aromatic carbocycles. The predicted octanol–water partition coefficient (Wildman–Crippen LogP) is 22.4. The van der Waals surface area contributed by atoms with E-state index in [4.69, 9.17) is 37.0 Å². The monoisotopic (exact) mass is 1410 g/mol. The van der Waals surface area contributed by atoms with Crippen LogP contribution in [0.4, 0.5) is 0 Å². The molecule has 0 fully saturated rings. The van der Waals surface area contributed by atoms with Crippen molar-refractivity contribution in [2.45, 2.75) is 408 Å². The molecule has 0 aliphatic carbocycles. The number of ether oxygens (including phenoxy) is 4. The summed E-state index contributed by atoms with van der Waals surface area (Å²) in [5.41, 5.74) is 0. The first-order valence-corrected chi connectivity index (χ1v) is 42.7. The van der Waals surface area contributed by atoms with E-state index in [1.807, 2.05) is 0 Å². The molecule has 0 aliphatic heterocycles. The van der Waals surface area contributed by atoms with Crippen molar-refractivity contribution < 1.29 is 80.2 Å². The SMILES string of the molecule is CCC(C)CCCCCCCCCCCCC(=O)O[C@H](COC(=O)CCCCCCCCCCCCCCCCCCCCC(C)C)COP(=O)(O)OCC(O)COP(=O)(O)OC[C@@H](COC(=O)CCCCCCCCCCC(C)C)OC(=O)CCCCCCCCCC(C)C. The van der Waals surface area contributed by atoms with E-state index in [1.54, 1.807) is 0 Å². The van der Waals surface area contributed by atoms with Crippen molar-refractivity contribution in [3.05, 3.63) is 0 Å². The summed E-state index contributed by atoms with van der Waals surface area (Å²) >= 11 is 0. The number of esters is 4. The Morgan fingerprint density at radius 1 is 0.292 bits per heavy atom. The van der Waals surface area contributed by atoms with Crippen LogP contribution in [-0.4, -0.2) is 96.7 Å². The summed E-state index contributed by atoms with van der Waals surface area (Å²) in [7, 11) is -9.91. The van der Waals surface area contributed by atoms with Gasteiger partial charge in [0.2, 0.25) is 0 Å². The molecule has 0 aromatic heterocycles. The van der Waals surface area contributed by atoms with Gasteiger partial charge in [-0.25, -0.2) is 9.13 Å². The highest BCUT2D eigenvalue weighted by Gasteiger charge is 2.30. The summed E-state index contributed by atoms with van der Waals surface area (Å²) in [6, 6.07) is 0. The number of unbranched alkanes of at least 4 members (excludes halogenated alkanes) is 39. The first-order valence-electron chi connectivity index (χ1n) is 39.7. The Kier molecular flexibility index (Phi) is 65.0. The summed E-state index contributed by atoms with van der Waals surface area (Å²) < 4.78 is 68.5. The summed E-state index contributed by atoms with van der Waals surface area (Å²) in [6.07, 6.45) is 51.6. The van der Waals surface area contributed by atoms with E-state index in [1.165, 1.54) is 193 Å². The quantitative estimate of drug-likeness (QED) is 0.0222. The molecule has 0 saturated heterocycles. The summed E-state index contributed by atoms with van der Waals surface area (Å²) in [5, 5.41) is 10.6. The summed E-state index contributed by atoms with van der Waals surface area (Å²) in [5.74, 6) is 0.925. The lowest BCUT2D eigenvalue weighted by Crippen LogP contribution is -2.30. The molecule has 17 nitrogen and oxygen atoms in total. The van der Waals surface area contributed by atoms with E-state index >= 15 is 0 Å². The van der Waals surface area contributed by atoms with Crippen LogP contribution in [0, 0.1) is 23.7 Å². The van der Waals surface area contributed by atoms with E-state index in [9.17, 15) is 43.2 Å². The highest BCUT2D eigenvalue weighted by Crippen LogP contribution is 2.45. The van der Waals surface area contributed by atoms with Crippen molar-refractivity contribution in [2.75, 3.05) is 39.6 Å². The highest BCUT2D eigenvalue weighted by molar-refractivity contribution is 7.47. The van der Waals surface area contributed by atoms with Gasteiger partial charge < -0.3 is 33.8 Å². The van der Waals surface area contributed by atoms with E-state index < -0.39 is 97.5 Å². The molecular weight excluding hydrogens is 1260 g/mol. The van der Waals surface area contributed by atoms with E-state index in [0.29, 0.717) is 31.6 Å². The van der Waals surface area contributed by atoms with Crippen LogP contribution in [-0.2, 0) is 65.4 Å². The molecule has 0 aliphatic rings. The molecule has 0 rings (SSSR count). The molecule has 96 heavy (non-hydrogen) atoms. The van der Waals surface area contributed by atoms with E-state index in [2.05, 4.69) is 55.4 Å². The van der Waals surface area contributed by atoms with Gasteiger partial charge in [0.1, 0.15) is 19.3 Å². The fourth-order valence-electron chi connectivity index (χ4n) is 11.7. The number of hydrogen-bond donors (Lipinski definition) is 3. The second-order valence-corrected chi connectivity index (χ2v) is 32.3. The average molecular weight is 1410 g/mol. The topological polar surface area (TPSA) is 237 Å². The third kappa shape index (κ3) is 69.2. The van der Waals surface area contributed by atoms with Crippen molar-refractivity contribution in [1.29, 1.82) is 0 Å². The first-order chi connectivity index (χ1) is 46.1. The van der Waals surface area contributed by atoms with Crippen LogP contribution in [0.5, 0.6) is 0 Å². The summed E-state index contributed by atoms with van der Waals surface area (Å²) in [4.78, 5) is 72.8. The minimum atomic E-state index is -4.96. The van der Waals surface area contributed by atoms with Gasteiger partial charge in [-0.1, -0.05) is 338 Å². The number of aliphatic hydroxyl groups is 1. The number of carbonyl (C=O) groups excluding carboxylic acids is 4. The van der Waals surface area contributed by atoms with Crippen molar-refractivity contribution >= 4 is 39.5 Å².